The van der Waals surface area contributed by atoms with Gasteiger partial charge in [-0.15, -0.1) is 0 Å². The van der Waals surface area contributed by atoms with Gasteiger partial charge in [0.2, 0.25) is 0 Å². The van der Waals surface area contributed by atoms with Gasteiger partial charge < -0.3 is 4.74 Å². The van der Waals surface area contributed by atoms with E-state index in [1.165, 1.54) is 0 Å². The summed E-state index contributed by atoms with van der Waals surface area (Å²) in [4.78, 5) is 15.7. The first-order chi connectivity index (χ1) is 8.40. The summed E-state index contributed by atoms with van der Waals surface area (Å²) in [5.74, 6) is 0. The Kier molecular flexibility index (Phi) is 5.19. The first-order valence-electron chi connectivity index (χ1n) is 6.19. The third-order valence-corrected chi connectivity index (χ3v) is 2.07. The average Bonchev–Trinajstić information content (AvgIpc) is 2.24. The number of rotatable bonds is 4. The van der Waals surface area contributed by atoms with E-state index in [1.807, 2.05) is 26.8 Å². The van der Waals surface area contributed by atoms with Crippen molar-refractivity contribution in [3.05, 3.63) is 18.5 Å². The van der Waals surface area contributed by atoms with E-state index in [0.717, 1.165) is 18.2 Å². The van der Waals surface area contributed by atoms with E-state index in [4.69, 9.17) is 4.74 Å². The maximum Gasteiger partial charge on any atom is 0.412 e. The zero-order valence-electron chi connectivity index (χ0n) is 11.5. The van der Waals surface area contributed by atoms with Gasteiger partial charge in [0.1, 0.15) is 5.60 Å². The topological polar surface area (TPSA) is 51.2 Å². The lowest BCUT2D eigenvalue weighted by atomic mass is 9.67. The highest BCUT2D eigenvalue weighted by molar-refractivity contribution is 6.53. The highest BCUT2D eigenvalue weighted by Gasteiger charge is 2.16. The molecule has 1 aromatic rings. The number of pyridine rings is 1. The molecule has 1 N–H and O–H groups in total. The highest BCUT2D eigenvalue weighted by atomic mass is 16.6. The summed E-state index contributed by atoms with van der Waals surface area (Å²) in [5.41, 5.74) is 1.16. The molecule has 0 aliphatic rings. The molecule has 0 bridgehead atoms. The third kappa shape index (κ3) is 5.71. The van der Waals surface area contributed by atoms with Gasteiger partial charge in [-0.1, -0.05) is 25.1 Å². The molecule has 0 fully saturated rings. The second-order valence-corrected chi connectivity index (χ2v) is 5.13. The number of hydrogen-bond donors (Lipinski definition) is 1. The Hall–Kier alpha value is -1.52. The van der Waals surface area contributed by atoms with Crippen LogP contribution in [0.15, 0.2) is 18.5 Å². The van der Waals surface area contributed by atoms with Crippen LogP contribution in [0.2, 0.25) is 6.32 Å². The van der Waals surface area contributed by atoms with Gasteiger partial charge in [0.25, 0.3) is 0 Å². The third-order valence-electron chi connectivity index (χ3n) is 2.07. The first kappa shape index (κ1) is 14.5. The molecule has 0 saturated heterocycles. The molecule has 5 heteroatoms. The molecule has 0 aliphatic carbocycles. The Morgan fingerprint density at radius 1 is 1.44 bits per heavy atom. The number of anilines is 1. The maximum atomic E-state index is 11.6. The minimum absolute atomic E-state index is 0.461. The predicted molar refractivity (Wildman–Crippen MR) is 74.6 cm³/mol. The van der Waals surface area contributed by atoms with Crippen molar-refractivity contribution in [3.63, 3.8) is 0 Å². The van der Waals surface area contributed by atoms with Crippen LogP contribution in [0.5, 0.6) is 0 Å². The summed E-state index contributed by atoms with van der Waals surface area (Å²) in [5, 5.41) is 2.67. The monoisotopic (exact) mass is 247 g/mol. The summed E-state index contributed by atoms with van der Waals surface area (Å²) in [6.45, 7) is 7.61. The number of nitrogens with zero attached hydrogens (tertiary/aromatic N) is 1. The van der Waals surface area contributed by atoms with Crippen LogP contribution in [-0.2, 0) is 4.74 Å². The molecule has 1 rings (SSSR count). The van der Waals surface area contributed by atoms with Crippen molar-refractivity contribution in [2.75, 3.05) is 5.32 Å². The Morgan fingerprint density at radius 3 is 2.78 bits per heavy atom. The van der Waals surface area contributed by atoms with E-state index in [-0.39, 0.29) is 0 Å². The number of hydrogen-bond acceptors (Lipinski definition) is 3. The maximum absolute atomic E-state index is 11.6. The molecule has 0 unspecified atom stereocenters. The van der Waals surface area contributed by atoms with Gasteiger partial charge in [0.05, 0.1) is 11.9 Å². The quantitative estimate of drug-likeness (QED) is 0.832. The van der Waals surface area contributed by atoms with Crippen LogP contribution in [0.1, 0.15) is 34.1 Å². The van der Waals surface area contributed by atoms with Crippen molar-refractivity contribution in [3.8, 4) is 0 Å². The van der Waals surface area contributed by atoms with E-state index >= 15 is 0 Å². The summed E-state index contributed by atoms with van der Waals surface area (Å²) in [7, 11) is 2.09. The Morgan fingerprint density at radius 2 is 2.17 bits per heavy atom. The van der Waals surface area contributed by atoms with Gasteiger partial charge in [-0.3, -0.25) is 10.3 Å². The fourth-order valence-electron chi connectivity index (χ4n) is 1.37. The number of ether oxygens (including phenoxy) is 1. The molecule has 0 spiro atoms. The summed E-state index contributed by atoms with van der Waals surface area (Å²) >= 11 is 0. The second kappa shape index (κ2) is 6.43. The van der Waals surface area contributed by atoms with Crippen LogP contribution in [0.4, 0.5) is 10.5 Å². The zero-order valence-corrected chi connectivity index (χ0v) is 11.5. The molecular weight excluding hydrogens is 227 g/mol. The van der Waals surface area contributed by atoms with Gasteiger partial charge in [0, 0.05) is 6.20 Å². The molecular formula is C13H20BN2O2. The Labute approximate surface area is 109 Å². The number of amides is 1. The van der Waals surface area contributed by atoms with Gasteiger partial charge in [-0.25, -0.2) is 4.79 Å². The molecule has 4 nitrogen and oxygen atoms in total. The van der Waals surface area contributed by atoms with Crippen molar-refractivity contribution in [1.82, 2.24) is 4.98 Å². The molecule has 1 radical (unpaired) electrons. The predicted octanol–water partition coefficient (Wildman–Crippen LogP) is 2.59. The van der Waals surface area contributed by atoms with Crippen molar-refractivity contribution in [2.24, 2.45) is 0 Å². The number of carbonyl (C=O) groups excluding carboxylic acids is 1. The van der Waals surface area contributed by atoms with E-state index in [2.05, 4.69) is 24.5 Å². The van der Waals surface area contributed by atoms with E-state index in [1.54, 1.807) is 12.4 Å². The Balaban J connectivity index is 2.59. The minimum Gasteiger partial charge on any atom is -0.444 e. The van der Waals surface area contributed by atoms with Crippen LogP contribution >= 0.6 is 0 Å². The van der Waals surface area contributed by atoms with Crippen molar-refractivity contribution >= 4 is 24.5 Å². The zero-order chi connectivity index (χ0) is 13.6. The summed E-state index contributed by atoms with van der Waals surface area (Å²) in [6, 6.07) is 1.88. The van der Waals surface area contributed by atoms with Crippen LogP contribution < -0.4 is 10.8 Å². The van der Waals surface area contributed by atoms with E-state index < -0.39 is 11.7 Å². The van der Waals surface area contributed by atoms with Crippen LogP contribution in [-0.4, -0.2) is 24.0 Å². The second-order valence-electron chi connectivity index (χ2n) is 5.13. The Bertz CT molecular complexity index is 402. The normalized spacial score (nSPS) is 10.9. The fraction of sp³-hybridized carbons (Fsp3) is 0.538. The number of aromatic nitrogens is 1. The van der Waals surface area contributed by atoms with E-state index in [9.17, 15) is 4.79 Å². The minimum atomic E-state index is -0.497. The SMILES string of the molecule is CCC[B]c1cncc(NC(=O)OC(C)(C)C)c1. The largest absolute Gasteiger partial charge is 0.444 e. The fourth-order valence-corrected chi connectivity index (χ4v) is 1.37. The van der Waals surface area contributed by atoms with Crippen molar-refractivity contribution in [2.45, 2.75) is 46.0 Å². The van der Waals surface area contributed by atoms with Gasteiger partial charge >= 0.3 is 6.09 Å². The smallest absolute Gasteiger partial charge is 0.412 e. The lowest BCUT2D eigenvalue weighted by molar-refractivity contribution is 0.0636. The molecule has 97 valence electrons. The molecule has 1 heterocycles. The van der Waals surface area contributed by atoms with Gasteiger partial charge in [0.15, 0.2) is 7.28 Å². The molecule has 0 aromatic carbocycles. The molecule has 18 heavy (non-hydrogen) atoms. The lowest BCUT2D eigenvalue weighted by Crippen LogP contribution is -2.27. The van der Waals surface area contributed by atoms with E-state index in [0.29, 0.717) is 5.69 Å². The molecule has 1 aromatic heterocycles. The number of carbonyl (C=O) groups is 1. The molecule has 0 atom stereocenters. The summed E-state index contributed by atoms with van der Waals surface area (Å²) < 4.78 is 5.17. The van der Waals surface area contributed by atoms with Crippen LogP contribution in [0.3, 0.4) is 0 Å². The lowest BCUT2D eigenvalue weighted by Gasteiger charge is -2.19. The van der Waals surface area contributed by atoms with Crippen LogP contribution in [0.25, 0.3) is 0 Å². The van der Waals surface area contributed by atoms with Crippen molar-refractivity contribution in [1.29, 1.82) is 0 Å². The number of nitrogens with one attached hydrogen (secondary N) is 1. The standard InChI is InChI=1S/C13H20BN2O2/c1-5-6-14-10-7-11(9-15-8-10)16-12(17)18-13(2,3)4/h7-9H,5-6H2,1-4H3,(H,16,17). The summed E-state index contributed by atoms with van der Waals surface area (Å²) in [6.07, 6.45) is 5.00. The molecule has 0 saturated carbocycles. The van der Waals surface area contributed by atoms with Crippen molar-refractivity contribution < 1.29 is 9.53 Å². The molecule has 0 aliphatic heterocycles. The highest BCUT2D eigenvalue weighted by Crippen LogP contribution is 2.09. The molecule has 1 amide bonds. The van der Waals surface area contributed by atoms with Crippen LogP contribution in [0, 0.1) is 0 Å². The average molecular weight is 247 g/mol. The first-order valence-corrected chi connectivity index (χ1v) is 6.19. The van der Waals surface area contributed by atoms with Gasteiger partial charge in [-0.2, -0.15) is 0 Å². The van der Waals surface area contributed by atoms with Gasteiger partial charge in [-0.05, 0) is 26.8 Å².